The van der Waals surface area contributed by atoms with Gasteiger partial charge in [0, 0.05) is 11.4 Å². The number of anilines is 2. The van der Waals surface area contributed by atoms with E-state index < -0.39 is 0 Å². The van der Waals surface area contributed by atoms with Gasteiger partial charge in [-0.2, -0.15) is 0 Å². The highest BCUT2D eigenvalue weighted by Crippen LogP contribution is 2.21. The standard InChI is InChI=1S/C12H12N2.H2O2/c13-11-5-1-9(2-6-11)10-3-7-12(14)8-4-10;1-2/h1-8H,13-14H2;1-2H. The van der Waals surface area contributed by atoms with Gasteiger partial charge in [0.2, 0.25) is 0 Å². The maximum Gasteiger partial charge on any atom is 0.0314 e. The first-order valence-electron chi connectivity index (χ1n) is 4.67. The van der Waals surface area contributed by atoms with Crippen LogP contribution in [-0.2, 0) is 0 Å². The van der Waals surface area contributed by atoms with Gasteiger partial charge in [-0.25, -0.2) is 0 Å². The highest BCUT2D eigenvalue weighted by molar-refractivity contribution is 5.67. The molecule has 16 heavy (non-hydrogen) atoms. The maximum absolute atomic E-state index is 6.00. The van der Waals surface area contributed by atoms with Gasteiger partial charge in [-0.05, 0) is 35.4 Å². The molecule has 0 aromatic heterocycles. The van der Waals surface area contributed by atoms with Crippen LogP contribution in [0.3, 0.4) is 0 Å². The number of hydrogen-bond acceptors (Lipinski definition) is 4. The molecule has 6 N–H and O–H groups in total. The minimum Gasteiger partial charge on any atom is -0.399 e. The van der Waals surface area contributed by atoms with Crippen LogP contribution >= 0.6 is 0 Å². The van der Waals surface area contributed by atoms with Crippen molar-refractivity contribution in [1.29, 1.82) is 0 Å². The van der Waals surface area contributed by atoms with Gasteiger partial charge < -0.3 is 11.5 Å². The zero-order valence-electron chi connectivity index (χ0n) is 8.67. The summed E-state index contributed by atoms with van der Waals surface area (Å²) >= 11 is 0. The van der Waals surface area contributed by atoms with Gasteiger partial charge in [-0.1, -0.05) is 24.3 Å². The molecule has 2 aromatic carbocycles. The molecule has 0 saturated carbocycles. The van der Waals surface area contributed by atoms with E-state index in [4.69, 9.17) is 22.0 Å². The summed E-state index contributed by atoms with van der Waals surface area (Å²) in [7, 11) is 0. The van der Waals surface area contributed by atoms with Crippen LogP contribution in [0.2, 0.25) is 0 Å². The van der Waals surface area contributed by atoms with Crippen molar-refractivity contribution in [1.82, 2.24) is 0 Å². The molecule has 0 atom stereocenters. The fraction of sp³-hybridized carbons (Fsp3) is 0. The third-order valence-electron chi connectivity index (χ3n) is 2.15. The van der Waals surface area contributed by atoms with Crippen LogP contribution in [0, 0.1) is 0 Å². The summed E-state index contributed by atoms with van der Waals surface area (Å²) in [5.74, 6) is 0. The molecule has 0 unspecified atom stereocenters. The Morgan fingerprint density at radius 1 is 0.562 bits per heavy atom. The van der Waals surface area contributed by atoms with Crippen LogP contribution in [0.1, 0.15) is 0 Å². The lowest BCUT2D eigenvalue weighted by Crippen LogP contribution is -1.85. The molecule has 4 heteroatoms. The first-order chi connectivity index (χ1) is 7.75. The van der Waals surface area contributed by atoms with Gasteiger partial charge in [0.05, 0.1) is 0 Å². The molecule has 0 aliphatic carbocycles. The first-order valence-corrected chi connectivity index (χ1v) is 4.67. The first kappa shape index (κ1) is 12.0. The minimum absolute atomic E-state index is 0.782. The van der Waals surface area contributed by atoms with Gasteiger partial charge in [-0.15, -0.1) is 0 Å². The van der Waals surface area contributed by atoms with Crippen molar-refractivity contribution in [3.8, 4) is 11.1 Å². The summed E-state index contributed by atoms with van der Waals surface area (Å²) in [5, 5.41) is 12.0. The summed E-state index contributed by atoms with van der Waals surface area (Å²) in [5.41, 5.74) is 15.1. The third-order valence-corrected chi connectivity index (χ3v) is 2.15. The molecule has 0 radical (unpaired) electrons. The minimum atomic E-state index is 0.782. The Morgan fingerprint density at radius 3 is 1.06 bits per heavy atom. The molecular weight excluding hydrogens is 204 g/mol. The second kappa shape index (κ2) is 5.75. The largest absolute Gasteiger partial charge is 0.399 e. The SMILES string of the molecule is Nc1ccc(-c2ccc(N)cc2)cc1.OO. The van der Waals surface area contributed by atoms with E-state index in [2.05, 4.69) is 0 Å². The quantitative estimate of drug-likeness (QED) is 0.336. The van der Waals surface area contributed by atoms with Gasteiger partial charge in [-0.3, -0.25) is 10.5 Å². The number of hydrogen-bond donors (Lipinski definition) is 4. The lowest BCUT2D eigenvalue weighted by Gasteiger charge is -2.02. The van der Waals surface area contributed by atoms with Crippen LogP contribution < -0.4 is 11.5 Å². The van der Waals surface area contributed by atoms with Crippen LogP contribution in [0.15, 0.2) is 48.5 Å². The fourth-order valence-electron chi connectivity index (χ4n) is 1.35. The number of nitrogens with two attached hydrogens (primary N) is 2. The van der Waals surface area contributed by atoms with Crippen LogP contribution in [-0.4, -0.2) is 10.5 Å². The Kier molecular flexibility index (Phi) is 4.32. The van der Waals surface area contributed by atoms with E-state index in [1.54, 1.807) is 0 Å². The van der Waals surface area contributed by atoms with E-state index in [-0.39, 0.29) is 0 Å². The lowest BCUT2D eigenvalue weighted by molar-refractivity contribution is -0.176. The van der Waals surface area contributed by atoms with Gasteiger partial charge >= 0.3 is 0 Å². The summed E-state index contributed by atoms with van der Waals surface area (Å²) in [6.45, 7) is 0. The van der Waals surface area contributed by atoms with Crippen molar-refractivity contribution < 1.29 is 10.5 Å². The average molecular weight is 218 g/mol. The van der Waals surface area contributed by atoms with Crippen molar-refractivity contribution >= 4 is 11.4 Å². The molecule has 84 valence electrons. The number of benzene rings is 2. The van der Waals surface area contributed by atoms with Crippen molar-refractivity contribution in [3.05, 3.63) is 48.5 Å². The third kappa shape index (κ3) is 2.98. The molecule has 0 heterocycles. The van der Waals surface area contributed by atoms with E-state index in [9.17, 15) is 0 Å². The molecule has 0 fully saturated rings. The molecule has 0 spiro atoms. The molecule has 0 bridgehead atoms. The highest BCUT2D eigenvalue weighted by Gasteiger charge is 1.95. The topological polar surface area (TPSA) is 92.5 Å². The van der Waals surface area contributed by atoms with Crippen LogP contribution in [0.4, 0.5) is 11.4 Å². The predicted molar refractivity (Wildman–Crippen MR) is 66.0 cm³/mol. The molecule has 2 rings (SSSR count). The number of nitrogen functional groups attached to an aromatic ring is 2. The van der Waals surface area contributed by atoms with Gasteiger partial charge in [0.1, 0.15) is 0 Å². The maximum atomic E-state index is 6.00. The van der Waals surface area contributed by atoms with E-state index in [1.165, 1.54) is 0 Å². The molecule has 0 aliphatic rings. The van der Waals surface area contributed by atoms with E-state index in [0.717, 1.165) is 22.5 Å². The highest BCUT2D eigenvalue weighted by atomic mass is 17.0. The Balaban J connectivity index is 0.000000606. The Bertz CT molecular complexity index is 380. The molecule has 0 aliphatic heterocycles. The molecular formula is C12H14N2O2. The van der Waals surface area contributed by atoms with Crippen molar-refractivity contribution in [3.63, 3.8) is 0 Å². The zero-order chi connectivity index (χ0) is 12.0. The molecule has 4 nitrogen and oxygen atoms in total. The molecule has 2 aromatic rings. The van der Waals surface area contributed by atoms with Crippen LogP contribution in [0.25, 0.3) is 11.1 Å². The monoisotopic (exact) mass is 218 g/mol. The smallest absolute Gasteiger partial charge is 0.0314 e. The van der Waals surface area contributed by atoms with E-state index in [0.29, 0.717) is 0 Å². The van der Waals surface area contributed by atoms with Crippen molar-refractivity contribution in [2.24, 2.45) is 0 Å². The molecule has 0 amide bonds. The average Bonchev–Trinajstić information content (AvgIpc) is 2.34. The number of rotatable bonds is 1. The Hall–Kier alpha value is -2.04. The van der Waals surface area contributed by atoms with E-state index >= 15 is 0 Å². The van der Waals surface area contributed by atoms with Gasteiger partial charge in [0.25, 0.3) is 0 Å². The summed E-state index contributed by atoms with van der Waals surface area (Å²) < 4.78 is 0. The zero-order valence-corrected chi connectivity index (χ0v) is 8.67. The van der Waals surface area contributed by atoms with Crippen LogP contribution in [0.5, 0.6) is 0 Å². The second-order valence-electron chi connectivity index (χ2n) is 3.24. The summed E-state index contributed by atoms with van der Waals surface area (Å²) in [6.07, 6.45) is 0. The Labute approximate surface area is 93.7 Å². The summed E-state index contributed by atoms with van der Waals surface area (Å²) in [6, 6.07) is 15.6. The summed E-state index contributed by atoms with van der Waals surface area (Å²) in [4.78, 5) is 0. The van der Waals surface area contributed by atoms with Gasteiger partial charge in [0.15, 0.2) is 0 Å². The fourth-order valence-corrected chi connectivity index (χ4v) is 1.35. The lowest BCUT2D eigenvalue weighted by atomic mass is 10.1. The Morgan fingerprint density at radius 2 is 0.812 bits per heavy atom. The molecule has 0 saturated heterocycles. The van der Waals surface area contributed by atoms with Crippen molar-refractivity contribution in [2.75, 3.05) is 11.5 Å². The van der Waals surface area contributed by atoms with Crippen molar-refractivity contribution in [2.45, 2.75) is 0 Å². The normalized spacial score (nSPS) is 9.12. The predicted octanol–water partition coefficient (Wildman–Crippen LogP) is 2.54. The second-order valence-corrected chi connectivity index (χ2v) is 3.24. The van der Waals surface area contributed by atoms with E-state index in [1.807, 2.05) is 48.5 Å².